The van der Waals surface area contributed by atoms with Gasteiger partial charge in [-0.3, -0.25) is 19.6 Å². The van der Waals surface area contributed by atoms with Crippen LogP contribution in [-0.2, 0) is 13.0 Å². The predicted molar refractivity (Wildman–Crippen MR) is 144 cm³/mol. The lowest BCUT2D eigenvalue weighted by Crippen LogP contribution is -2.13. The van der Waals surface area contributed by atoms with E-state index in [0.717, 1.165) is 16.0 Å². The normalized spacial score (nSPS) is 10.8. The molecule has 0 saturated carbocycles. The maximum Gasteiger partial charge on any atom is 0.272 e. The number of nitrogens with one attached hydrogen (secondary N) is 1. The number of nitrogens with two attached hydrogens (primary N) is 1. The van der Waals surface area contributed by atoms with E-state index in [4.69, 9.17) is 5.73 Å². The SMILES string of the molecule is Nc1ccc(-c2cccs2)cc1NC(=O)c1ccc(-c2cn(CCc3ccccc3[N+](=O)[O-])nn2)cc1. The number of nitrogens with zero attached hydrogens (tertiary/aromatic N) is 4. The van der Waals surface area contributed by atoms with Gasteiger partial charge in [0.2, 0.25) is 0 Å². The molecule has 0 unspecified atom stereocenters. The molecule has 0 radical (unpaired) electrons. The minimum atomic E-state index is -0.380. The summed E-state index contributed by atoms with van der Waals surface area (Å²) in [6.07, 6.45) is 2.23. The summed E-state index contributed by atoms with van der Waals surface area (Å²) in [5.74, 6) is -0.269. The van der Waals surface area contributed by atoms with E-state index < -0.39 is 0 Å². The summed E-state index contributed by atoms with van der Waals surface area (Å²) in [7, 11) is 0. The van der Waals surface area contributed by atoms with Gasteiger partial charge in [-0.15, -0.1) is 16.4 Å². The maximum absolute atomic E-state index is 12.9. The minimum Gasteiger partial charge on any atom is -0.397 e. The van der Waals surface area contributed by atoms with Crippen LogP contribution in [-0.4, -0.2) is 25.8 Å². The molecule has 3 aromatic carbocycles. The molecule has 0 spiro atoms. The van der Waals surface area contributed by atoms with Crippen LogP contribution in [0.25, 0.3) is 21.7 Å². The number of rotatable bonds is 8. The van der Waals surface area contributed by atoms with Crippen molar-refractivity contribution >= 4 is 34.3 Å². The molecule has 10 heteroatoms. The molecule has 3 N–H and O–H groups in total. The highest BCUT2D eigenvalue weighted by molar-refractivity contribution is 7.13. The van der Waals surface area contributed by atoms with Crippen molar-refractivity contribution in [2.45, 2.75) is 13.0 Å². The fourth-order valence-corrected chi connectivity index (χ4v) is 4.65. The van der Waals surface area contributed by atoms with Crippen LogP contribution < -0.4 is 11.1 Å². The number of thiophene rings is 1. The first-order valence-electron chi connectivity index (χ1n) is 11.5. The van der Waals surface area contributed by atoms with Crippen LogP contribution >= 0.6 is 11.3 Å². The van der Waals surface area contributed by atoms with Crippen LogP contribution in [0.1, 0.15) is 15.9 Å². The number of nitro benzene ring substituents is 1. The van der Waals surface area contributed by atoms with Crippen LogP contribution in [0.5, 0.6) is 0 Å². The average Bonchev–Trinajstić information content (AvgIpc) is 3.62. The van der Waals surface area contributed by atoms with E-state index in [1.54, 1.807) is 70.7 Å². The molecule has 0 aliphatic heterocycles. The van der Waals surface area contributed by atoms with Gasteiger partial charge in [0.15, 0.2) is 0 Å². The number of aryl methyl sites for hydroxylation is 2. The van der Waals surface area contributed by atoms with Crippen molar-refractivity contribution in [2.75, 3.05) is 11.1 Å². The molecule has 0 saturated heterocycles. The summed E-state index contributed by atoms with van der Waals surface area (Å²) in [4.78, 5) is 24.8. The number of amides is 1. The number of nitro groups is 1. The molecule has 0 aliphatic carbocycles. The van der Waals surface area contributed by atoms with Gasteiger partial charge < -0.3 is 11.1 Å². The Morgan fingerprint density at radius 3 is 2.57 bits per heavy atom. The minimum absolute atomic E-state index is 0.0942. The first-order chi connectivity index (χ1) is 18.0. The fourth-order valence-electron chi connectivity index (χ4n) is 3.92. The Labute approximate surface area is 216 Å². The highest BCUT2D eigenvalue weighted by Crippen LogP contribution is 2.30. The zero-order valence-electron chi connectivity index (χ0n) is 19.6. The molecular weight excluding hydrogens is 488 g/mol. The second-order valence-corrected chi connectivity index (χ2v) is 9.26. The van der Waals surface area contributed by atoms with E-state index in [0.29, 0.717) is 41.2 Å². The molecule has 5 aromatic rings. The van der Waals surface area contributed by atoms with E-state index in [1.807, 2.05) is 29.6 Å². The van der Waals surface area contributed by atoms with Crippen molar-refractivity contribution in [3.63, 3.8) is 0 Å². The van der Waals surface area contributed by atoms with E-state index in [9.17, 15) is 14.9 Å². The summed E-state index contributed by atoms with van der Waals surface area (Å²) >= 11 is 1.62. The van der Waals surface area contributed by atoms with Crippen LogP contribution in [0.4, 0.5) is 17.1 Å². The molecule has 0 fully saturated rings. The van der Waals surface area contributed by atoms with E-state index in [2.05, 4.69) is 15.6 Å². The van der Waals surface area contributed by atoms with Crippen molar-refractivity contribution < 1.29 is 9.72 Å². The van der Waals surface area contributed by atoms with Gasteiger partial charge in [-0.05, 0) is 47.7 Å². The number of aromatic nitrogens is 3. The van der Waals surface area contributed by atoms with Crippen molar-refractivity contribution in [2.24, 2.45) is 0 Å². The first-order valence-corrected chi connectivity index (χ1v) is 12.3. The molecular formula is C27H22N6O3S. The lowest BCUT2D eigenvalue weighted by molar-refractivity contribution is -0.385. The second-order valence-electron chi connectivity index (χ2n) is 8.31. The number of carbonyl (C=O) groups excluding carboxylic acids is 1. The van der Waals surface area contributed by atoms with Gasteiger partial charge in [0, 0.05) is 34.2 Å². The Kier molecular flexibility index (Phi) is 6.73. The average molecular weight is 511 g/mol. The Hall–Kier alpha value is -4.83. The second kappa shape index (κ2) is 10.4. The molecule has 37 heavy (non-hydrogen) atoms. The number of benzene rings is 3. The summed E-state index contributed by atoms with van der Waals surface area (Å²) in [5, 5.41) is 24.5. The number of nitrogen functional groups attached to an aromatic ring is 1. The predicted octanol–water partition coefficient (Wildman–Crippen LogP) is 5.66. The van der Waals surface area contributed by atoms with Crippen LogP contribution in [0, 0.1) is 10.1 Å². The topological polar surface area (TPSA) is 129 Å². The molecule has 2 aromatic heterocycles. The number of carbonyl (C=O) groups is 1. The summed E-state index contributed by atoms with van der Waals surface area (Å²) in [6.45, 7) is 0.449. The van der Waals surface area contributed by atoms with Crippen molar-refractivity contribution in [1.29, 1.82) is 0 Å². The first kappa shape index (κ1) is 23.9. The smallest absolute Gasteiger partial charge is 0.272 e. The van der Waals surface area contributed by atoms with Crippen LogP contribution in [0.2, 0.25) is 0 Å². The standard InChI is InChI=1S/C27H22N6O3S/c28-22-12-11-21(26-6-3-15-37-26)16-23(22)29-27(34)20-9-7-18(8-10-20)24-17-32(31-30-24)14-13-19-4-1-2-5-25(19)33(35)36/h1-12,15-17H,13-14,28H2,(H,29,34). The van der Waals surface area contributed by atoms with Crippen molar-refractivity contribution in [3.8, 4) is 21.7 Å². The quantitative estimate of drug-likeness (QED) is 0.157. The fraction of sp³-hybridized carbons (Fsp3) is 0.0741. The zero-order chi connectivity index (χ0) is 25.8. The number of hydrogen-bond acceptors (Lipinski definition) is 7. The van der Waals surface area contributed by atoms with Crippen LogP contribution in [0.15, 0.2) is 90.4 Å². The summed E-state index contributed by atoms with van der Waals surface area (Å²) in [6, 6.07) is 23.3. The van der Waals surface area contributed by atoms with E-state index in [1.165, 1.54) is 6.07 Å². The highest BCUT2D eigenvalue weighted by atomic mass is 32.1. The maximum atomic E-state index is 12.9. The number of hydrogen-bond donors (Lipinski definition) is 2. The van der Waals surface area contributed by atoms with Gasteiger partial charge in [0.1, 0.15) is 5.69 Å². The summed E-state index contributed by atoms with van der Waals surface area (Å²) < 4.78 is 1.65. The van der Waals surface area contributed by atoms with Gasteiger partial charge in [0.05, 0.1) is 22.5 Å². The Morgan fingerprint density at radius 2 is 1.81 bits per heavy atom. The third-order valence-electron chi connectivity index (χ3n) is 5.89. The zero-order valence-corrected chi connectivity index (χ0v) is 20.4. The van der Waals surface area contributed by atoms with Gasteiger partial charge in [-0.1, -0.05) is 47.7 Å². The highest BCUT2D eigenvalue weighted by Gasteiger charge is 2.14. The summed E-state index contributed by atoms with van der Waals surface area (Å²) in [5.41, 5.74) is 10.8. The Morgan fingerprint density at radius 1 is 1.03 bits per heavy atom. The van der Waals surface area contributed by atoms with Gasteiger partial charge in [-0.25, -0.2) is 0 Å². The number of para-hydroxylation sites is 1. The lowest BCUT2D eigenvalue weighted by Gasteiger charge is -2.10. The molecule has 2 heterocycles. The van der Waals surface area contributed by atoms with E-state index in [-0.39, 0.29) is 16.5 Å². The molecule has 0 atom stereocenters. The third-order valence-corrected chi connectivity index (χ3v) is 6.81. The molecule has 1 amide bonds. The van der Waals surface area contributed by atoms with Gasteiger partial charge >= 0.3 is 0 Å². The molecule has 9 nitrogen and oxygen atoms in total. The largest absolute Gasteiger partial charge is 0.397 e. The molecule has 0 aliphatic rings. The van der Waals surface area contributed by atoms with Gasteiger partial charge in [0.25, 0.3) is 11.6 Å². The number of anilines is 2. The third kappa shape index (κ3) is 5.39. The molecule has 184 valence electrons. The van der Waals surface area contributed by atoms with E-state index >= 15 is 0 Å². The lowest BCUT2D eigenvalue weighted by atomic mass is 10.1. The monoisotopic (exact) mass is 510 g/mol. The molecule has 5 rings (SSSR count). The molecule has 0 bridgehead atoms. The van der Waals surface area contributed by atoms with Crippen molar-refractivity contribution in [3.05, 3.63) is 112 Å². The van der Waals surface area contributed by atoms with Crippen LogP contribution in [0.3, 0.4) is 0 Å². The Bertz CT molecular complexity index is 1560. The Balaban J connectivity index is 1.25. The van der Waals surface area contributed by atoms with Crippen molar-refractivity contribution in [1.82, 2.24) is 15.0 Å². The van der Waals surface area contributed by atoms with Gasteiger partial charge in [-0.2, -0.15) is 0 Å².